The fourth-order valence-corrected chi connectivity index (χ4v) is 5.73. The topological polar surface area (TPSA) is 209 Å². The molecule has 1 aliphatic carbocycles. The van der Waals surface area contributed by atoms with Crippen molar-refractivity contribution in [2.24, 2.45) is 0 Å². The van der Waals surface area contributed by atoms with Crippen molar-refractivity contribution in [3.63, 3.8) is 0 Å². The van der Waals surface area contributed by atoms with Gasteiger partial charge in [-0.25, -0.2) is 4.79 Å². The fraction of sp³-hybridized carbons (Fsp3) is 0.524. The third-order valence-electron chi connectivity index (χ3n) is 5.35. The highest BCUT2D eigenvalue weighted by molar-refractivity contribution is 14.1. The first-order valence-electron chi connectivity index (χ1n) is 10.7. The van der Waals surface area contributed by atoms with Crippen molar-refractivity contribution in [3.8, 4) is 0 Å². The lowest BCUT2D eigenvalue weighted by atomic mass is 9.92. The van der Waals surface area contributed by atoms with Crippen molar-refractivity contribution < 1.29 is 50.1 Å². The molecule has 0 saturated carbocycles. The monoisotopic (exact) mass is 848 g/mol. The van der Waals surface area contributed by atoms with E-state index in [1.165, 1.54) is 0 Å². The highest BCUT2D eigenvalue weighted by Gasteiger charge is 2.38. The number of carbonyl (C=O) groups excluding carboxylic acids is 2. The molecule has 9 N–H and O–H groups in total. The van der Waals surface area contributed by atoms with E-state index in [4.69, 9.17) is 4.74 Å². The number of hydrogen-bond acceptors (Lipinski definition) is 10. The lowest BCUT2D eigenvalue weighted by Gasteiger charge is -2.31. The van der Waals surface area contributed by atoms with Crippen LogP contribution < -0.4 is 10.6 Å². The quantitative estimate of drug-likeness (QED) is 0.111. The molecule has 6 unspecified atom stereocenters. The van der Waals surface area contributed by atoms with Gasteiger partial charge in [-0.1, -0.05) is 0 Å². The largest absolute Gasteiger partial charge is 0.506 e. The molecule has 0 saturated heterocycles. The van der Waals surface area contributed by atoms with Crippen molar-refractivity contribution in [2.45, 2.75) is 55.9 Å². The van der Waals surface area contributed by atoms with Gasteiger partial charge in [0.2, 0.25) is 0 Å². The van der Waals surface area contributed by atoms with Crippen LogP contribution in [0.4, 0.5) is 4.79 Å². The zero-order valence-electron chi connectivity index (χ0n) is 18.6. The van der Waals surface area contributed by atoms with Gasteiger partial charge in [-0.3, -0.25) is 4.79 Å². The minimum Gasteiger partial charge on any atom is -0.506 e. The van der Waals surface area contributed by atoms with Gasteiger partial charge < -0.3 is 51.1 Å². The Balaban J connectivity index is 1.89. The first kappa shape index (κ1) is 31.5. The van der Waals surface area contributed by atoms with Crippen LogP contribution in [-0.4, -0.2) is 97.5 Å². The lowest BCUT2D eigenvalue weighted by Crippen LogP contribution is -2.46. The van der Waals surface area contributed by atoms with Crippen molar-refractivity contribution in [2.75, 3.05) is 13.1 Å². The molecule has 0 aliphatic heterocycles. The van der Waals surface area contributed by atoms with Crippen molar-refractivity contribution in [3.05, 3.63) is 39.9 Å². The molecule has 15 heteroatoms. The first-order chi connectivity index (χ1) is 16.8. The van der Waals surface area contributed by atoms with Gasteiger partial charge in [-0.2, -0.15) is 0 Å². The van der Waals surface area contributed by atoms with Gasteiger partial charge in [0, 0.05) is 36.6 Å². The Bertz CT molecular complexity index is 980. The molecule has 0 spiro atoms. The number of hydrogen-bond donors (Lipinski definition) is 9. The van der Waals surface area contributed by atoms with Crippen molar-refractivity contribution in [1.82, 2.24) is 10.6 Å². The molecule has 202 valence electrons. The number of ether oxygens (including phenoxy) is 1. The zero-order valence-corrected chi connectivity index (χ0v) is 25.1. The Morgan fingerprint density at radius 2 is 1.56 bits per heavy atom. The fourth-order valence-electron chi connectivity index (χ4n) is 3.32. The molecule has 36 heavy (non-hydrogen) atoms. The van der Waals surface area contributed by atoms with Crippen molar-refractivity contribution in [1.29, 1.82) is 0 Å². The summed E-state index contributed by atoms with van der Waals surface area (Å²) in [4.78, 5) is 24.7. The summed E-state index contributed by atoms with van der Waals surface area (Å²) in [7, 11) is 0. The lowest BCUT2D eigenvalue weighted by molar-refractivity contribution is -0.0983. The van der Waals surface area contributed by atoms with Crippen LogP contribution in [0.3, 0.4) is 0 Å². The maximum atomic E-state index is 12.4. The molecule has 0 heterocycles. The summed E-state index contributed by atoms with van der Waals surface area (Å²) in [6.45, 7) is 0.358. The minimum absolute atomic E-state index is 0.102. The van der Waals surface area contributed by atoms with Crippen LogP contribution in [0.15, 0.2) is 23.7 Å². The number of carbonyl (C=O) groups is 2. The molecule has 2 rings (SSSR count). The predicted octanol–water partition coefficient (Wildman–Crippen LogP) is 0.641. The maximum Gasteiger partial charge on any atom is 0.407 e. The highest BCUT2D eigenvalue weighted by Crippen LogP contribution is 2.24. The number of alkyl carbamates (subject to hydrolysis) is 1. The second-order valence-corrected chi connectivity index (χ2v) is 11.5. The van der Waals surface area contributed by atoms with Crippen LogP contribution in [0.25, 0.3) is 0 Å². The normalized spacial score (nSPS) is 29.3. The Hall–Kier alpha value is -0.710. The molecule has 0 radical (unpaired) electrons. The predicted molar refractivity (Wildman–Crippen MR) is 151 cm³/mol. The van der Waals surface area contributed by atoms with E-state index in [0.29, 0.717) is 12.0 Å². The average molecular weight is 848 g/mol. The van der Waals surface area contributed by atoms with Crippen LogP contribution in [0, 0.1) is 10.7 Å². The third-order valence-corrected chi connectivity index (χ3v) is 9.02. The molecule has 0 aromatic heterocycles. The molecule has 0 bridgehead atoms. The van der Waals surface area contributed by atoms with E-state index in [9.17, 15) is 45.3 Å². The number of amides is 2. The molecule has 0 fully saturated rings. The summed E-state index contributed by atoms with van der Waals surface area (Å²) in [5.41, 5.74) is 0.547. The van der Waals surface area contributed by atoms with Gasteiger partial charge in [0.15, 0.2) is 11.5 Å². The second kappa shape index (κ2) is 14.4. The maximum absolute atomic E-state index is 12.4. The second-order valence-electron chi connectivity index (χ2n) is 8.06. The SMILES string of the molecule is O=C(NCCCNC(=O)c1cc(I)cc(I)c1I)OC1CC(O)/C(O)=C(/O)C(O)C(O)C(O)CC1O. The molecule has 12 nitrogen and oxygen atoms in total. The molecular weight excluding hydrogens is 821 g/mol. The van der Waals surface area contributed by atoms with Gasteiger partial charge in [-0.15, -0.1) is 0 Å². The van der Waals surface area contributed by atoms with Gasteiger partial charge in [-0.05, 0) is 86.3 Å². The first-order valence-corrected chi connectivity index (χ1v) is 14.0. The number of nitrogens with one attached hydrogen (secondary N) is 2. The Morgan fingerprint density at radius 1 is 0.917 bits per heavy atom. The number of halogens is 3. The van der Waals surface area contributed by atoms with Crippen LogP contribution >= 0.6 is 67.8 Å². The Labute approximate surface area is 247 Å². The van der Waals surface area contributed by atoms with E-state index < -0.39 is 67.1 Å². The Morgan fingerprint density at radius 3 is 2.22 bits per heavy atom. The van der Waals surface area contributed by atoms with Crippen LogP contribution in [0.2, 0.25) is 0 Å². The van der Waals surface area contributed by atoms with Gasteiger partial charge >= 0.3 is 6.09 Å². The van der Waals surface area contributed by atoms with E-state index in [1.54, 1.807) is 6.07 Å². The number of aliphatic hydroxyl groups excluding tert-OH is 7. The number of rotatable bonds is 6. The molecule has 1 aliphatic rings. The van der Waals surface area contributed by atoms with E-state index in [1.807, 2.05) is 6.07 Å². The van der Waals surface area contributed by atoms with Crippen LogP contribution in [0.1, 0.15) is 29.6 Å². The van der Waals surface area contributed by atoms with E-state index in [2.05, 4.69) is 78.4 Å². The molecule has 1 aromatic rings. The zero-order chi connectivity index (χ0) is 27.2. The van der Waals surface area contributed by atoms with Crippen molar-refractivity contribution >= 4 is 79.8 Å². The molecule has 6 atom stereocenters. The van der Waals surface area contributed by atoms with E-state index in [-0.39, 0.29) is 19.0 Å². The van der Waals surface area contributed by atoms with E-state index >= 15 is 0 Å². The number of benzene rings is 1. The number of aliphatic hydroxyl groups is 7. The highest BCUT2D eigenvalue weighted by atomic mass is 127. The minimum atomic E-state index is -2.10. The standard InChI is InChI=1S/C21H27I3N2O10/c22-8-4-9(15(24)10(23)5-8)20(34)25-2-1-3-26-21(35)36-14-7-13(29)17(31)19(33)18(32)16(30)12(28)6-11(14)27/h4-5,11-14,16,18,27-33H,1-3,6-7H2,(H,25,34)(H,26,35)/b19-17-. The molecule has 2 amide bonds. The molecular formula is C21H27I3N2O10. The van der Waals surface area contributed by atoms with Gasteiger partial charge in [0.05, 0.1) is 17.8 Å². The summed E-state index contributed by atoms with van der Waals surface area (Å²) in [5, 5.41) is 75.1. The summed E-state index contributed by atoms with van der Waals surface area (Å²) in [5.74, 6) is -2.49. The summed E-state index contributed by atoms with van der Waals surface area (Å²) >= 11 is 6.38. The third kappa shape index (κ3) is 8.67. The van der Waals surface area contributed by atoms with Gasteiger partial charge in [0.25, 0.3) is 5.91 Å². The summed E-state index contributed by atoms with van der Waals surface area (Å²) in [6.07, 6.45) is -12.4. The molecule has 1 aromatic carbocycles. The Kier molecular flexibility index (Phi) is 12.6. The van der Waals surface area contributed by atoms with Crippen LogP contribution in [0.5, 0.6) is 0 Å². The van der Waals surface area contributed by atoms with Crippen LogP contribution in [-0.2, 0) is 4.74 Å². The average Bonchev–Trinajstić information content (AvgIpc) is 2.82. The summed E-state index contributed by atoms with van der Waals surface area (Å²) in [6, 6.07) is 3.73. The summed E-state index contributed by atoms with van der Waals surface area (Å²) < 4.78 is 7.84. The van der Waals surface area contributed by atoms with E-state index in [0.717, 1.165) is 10.7 Å². The smallest absolute Gasteiger partial charge is 0.407 e. The van der Waals surface area contributed by atoms with Gasteiger partial charge in [0.1, 0.15) is 24.4 Å².